The quantitative estimate of drug-likeness (QED) is 0.602. The molecule has 0 aromatic heterocycles. The predicted octanol–water partition coefficient (Wildman–Crippen LogP) is -0.182. The van der Waals surface area contributed by atoms with Gasteiger partial charge in [-0.2, -0.15) is 0 Å². The molecule has 4 N–H and O–H groups in total. The van der Waals surface area contributed by atoms with Gasteiger partial charge in [0.2, 0.25) is 6.29 Å². The fraction of sp³-hybridized carbons (Fsp3) is 0.600. The summed E-state index contributed by atoms with van der Waals surface area (Å²) in [4.78, 5) is 0. The Morgan fingerprint density at radius 1 is 1.05 bits per heavy atom. The van der Waals surface area contributed by atoms with Crippen LogP contribution in [-0.4, -0.2) is 57.7 Å². The van der Waals surface area contributed by atoms with Gasteiger partial charge in [-0.05, 0) is 24.1 Å². The van der Waals surface area contributed by atoms with Crippen molar-refractivity contribution >= 4 is 0 Å². The van der Waals surface area contributed by atoms with Crippen molar-refractivity contribution in [1.82, 2.24) is 0 Å². The molecular weight excluding hydrogens is 276 g/mol. The van der Waals surface area contributed by atoms with Crippen LogP contribution in [0, 0.1) is 0 Å². The summed E-state index contributed by atoms with van der Waals surface area (Å²) >= 11 is 0. The van der Waals surface area contributed by atoms with E-state index in [0.29, 0.717) is 5.75 Å². The standard InChI is InChI=1S/C15H22O6/c1-2-3-9-4-6-10(7-5-9)20-15-14(19)13(18)12(17)11(8-16)21-15/h4-7,11-19H,2-3,8H2,1H3/t11-,12+,13+,14-,15-/m0/s1. The van der Waals surface area contributed by atoms with Gasteiger partial charge < -0.3 is 29.9 Å². The first-order valence-corrected chi connectivity index (χ1v) is 7.13. The van der Waals surface area contributed by atoms with Gasteiger partial charge in [0.05, 0.1) is 6.61 Å². The van der Waals surface area contributed by atoms with Crippen LogP contribution in [0.3, 0.4) is 0 Å². The molecule has 0 amide bonds. The molecule has 1 saturated heterocycles. The van der Waals surface area contributed by atoms with Crippen molar-refractivity contribution in [3.05, 3.63) is 29.8 Å². The van der Waals surface area contributed by atoms with Crippen LogP contribution in [0.4, 0.5) is 0 Å². The van der Waals surface area contributed by atoms with Crippen LogP contribution >= 0.6 is 0 Å². The van der Waals surface area contributed by atoms with Crippen LogP contribution in [0.25, 0.3) is 0 Å². The number of hydrogen-bond donors (Lipinski definition) is 4. The SMILES string of the molecule is CCCc1ccc(O[C@H]2O[C@@H](CO)[C@@H](O)[C@@H](O)[C@@H]2O)cc1. The first-order valence-electron chi connectivity index (χ1n) is 7.13. The molecule has 1 fully saturated rings. The smallest absolute Gasteiger partial charge is 0.229 e. The lowest BCUT2D eigenvalue weighted by molar-refractivity contribution is -0.277. The summed E-state index contributed by atoms with van der Waals surface area (Å²) in [5.41, 5.74) is 1.18. The van der Waals surface area contributed by atoms with Gasteiger partial charge in [-0.15, -0.1) is 0 Å². The molecule has 0 bridgehead atoms. The molecule has 2 rings (SSSR count). The van der Waals surface area contributed by atoms with E-state index in [4.69, 9.17) is 14.6 Å². The van der Waals surface area contributed by atoms with Crippen molar-refractivity contribution in [2.45, 2.75) is 50.5 Å². The Balaban J connectivity index is 2.03. The Morgan fingerprint density at radius 2 is 1.71 bits per heavy atom. The van der Waals surface area contributed by atoms with E-state index < -0.39 is 37.3 Å². The molecule has 1 aromatic carbocycles. The Morgan fingerprint density at radius 3 is 2.29 bits per heavy atom. The van der Waals surface area contributed by atoms with Crippen LogP contribution in [0.15, 0.2) is 24.3 Å². The van der Waals surface area contributed by atoms with E-state index in [-0.39, 0.29) is 0 Å². The maximum Gasteiger partial charge on any atom is 0.229 e. The number of aliphatic hydroxyl groups excluding tert-OH is 4. The minimum Gasteiger partial charge on any atom is -0.462 e. The average Bonchev–Trinajstić information content (AvgIpc) is 2.50. The van der Waals surface area contributed by atoms with Crippen LogP contribution in [0.1, 0.15) is 18.9 Å². The maximum atomic E-state index is 9.88. The highest BCUT2D eigenvalue weighted by Crippen LogP contribution is 2.24. The zero-order chi connectivity index (χ0) is 15.4. The molecule has 1 heterocycles. The molecular formula is C15H22O6. The fourth-order valence-corrected chi connectivity index (χ4v) is 2.32. The van der Waals surface area contributed by atoms with E-state index in [1.807, 2.05) is 12.1 Å². The van der Waals surface area contributed by atoms with Gasteiger partial charge in [-0.25, -0.2) is 0 Å². The second kappa shape index (κ2) is 7.20. The molecule has 21 heavy (non-hydrogen) atoms. The average molecular weight is 298 g/mol. The molecule has 6 heteroatoms. The molecule has 5 atom stereocenters. The molecule has 0 aliphatic carbocycles. The van der Waals surface area contributed by atoms with Crippen molar-refractivity contribution in [3.63, 3.8) is 0 Å². The van der Waals surface area contributed by atoms with E-state index >= 15 is 0 Å². The van der Waals surface area contributed by atoms with E-state index in [2.05, 4.69) is 6.92 Å². The van der Waals surface area contributed by atoms with E-state index in [1.54, 1.807) is 12.1 Å². The predicted molar refractivity (Wildman–Crippen MR) is 74.8 cm³/mol. The summed E-state index contributed by atoms with van der Waals surface area (Å²) in [6, 6.07) is 7.35. The summed E-state index contributed by atoms with van der Waals surface area (Å²) in [5.74, 6) is 0.485. The molecule has 0 spiro atoms. The van der Waals surface area contributed by atoms with E-state index in [9.17, 15) is 15.3 Å². The van der Waals surface area contributed by atoms with Crippen molar-refractivity contribution in [1.29, 1.82) is 0 Å². The third-order valence-electron chi connectivity index (χ3n) is 3.56. The normalized spacial score (nSPS) is 32.9. The summed E-state index contributed by atoms with van der Waals surface area (Å²) in [6.45, 7) is 1.62. The topological polar surface area (TPSA) is 99.4 Å². The largest absolute Gasteiger partial charge is 0.462 e. The first-order chi connectivity index (χ1) is 10.1. The second-order valence-electron chi connectivity index (χ2n) is 5.21. The van der Waals surface area contributed by atoms with Crippen molar-refractivity contribution in [3.8, 4) is 5.75 Å². The number of rotatable bonds is 5. The number of benzene rings is 1. The van der Waals surface area contributed by atoms with Crippen LogP contribution in [-0.2, 0) is 11.2 Å². The molecule has 1 aliphatic heterocycles. The van der Waals surface area contributed by atoms with E-state index in [0.717, 1.165) is 12.8 Å². The van der Waals surface area contributed by atoms with Gasteiger partial charge in [0.25, 0.3) is 0 Å². The van der Waals surface area contributed by atoms with Gasteiger partial charge in [0, 0.05) is 0 Å². The lowest BCUT2D eigenvalue weighted by atomic mass is 9.99. The number of hydrogen-bond acceptors (Lipinski definition) is 6. The molecule has 1 aromatic rings. The molecule has 0 radical (unpaired) electrons. The Hall–Kier alpha value is -1.18. The minimum atomic E-state index is -1.43. The zero-order valence-corrected chi connectivity index (χ0v) is 11.9. The highest BCUT2D eigenvalue weighted by Gasteiger charge is 2.44. The van der Waals surface area contributed by atoms with Crippen LogP contribution in [0.2, 0.25) is 0 Å². The lowest BCUT2D eigenvalue weighted by Crippen LogP contribution is -2.60. The third-order valence-corrected chi connectivity index (χ3v) is 3.56. The van der Waals surface area contributed by atoms with Crippen molar-refractivity contribution in [2.24, 2.45) is 0 Å². The number of aryl methyl sites for hydroxylation is 1. The first kappa shape index (κ1) is 16.2. The summed E-state index contributed by atoms with van der Waals surface area (Å²) in [5, 5.41) is 38.4. The summed E-state index contributed by atoms with van der Waals surface area (Å²) in [6.07, 6.45) is -4.28. The van der Waals surface area contributed by atoms with Gasteiger partial charge in [0.1, 0.15) is 30.2 Å². The highest BCUT2D eigenvalue weighted by molar-refractivity contribution is 5.27. The molecule has 0 unspecified atom stereocenters. The zero-order valence-electron chi connectivity index (χ0n) is 11.9. The van der Waals surface area contributed by atoms with Gasteiger partial charge >= 0.3 is 0 Å². The number of aliphatic hydroxyl groups is 4. The van der Waals surface area contributed by atoms with Gasteiger partial charge in [-0.1, -0.05) is 25.5 Å². The van der Waals surface area contributed by atoms with Gasteiger partial charge in [0.15, 0.2) is 0 Å². The second-order valence-corrected chi connectivity index (χ2v) is 5.21. The van der Waals surface area contributed by atoms with Crippen LogP contribution < -0.4 is 4.74 Å². The summed E-state index contributed by atoms with van der Waals surface area (Å²) < 4.78 is 10.8. The molecule has 6 nitrogen and oxygen atoms in total. The van der Waals surface area contributed by atoms with Crippen molar-refractivity contribution < 1.29 is 29.9 Å². The molecule has 0 saturated carbocycles. The van der Waals surface area contributed by atoms with Crippen molar-refractivity contribution in [2.75, 3.05) is 6.61 Å². The summed E-state index contributed by atoms with van der Waals surface area (Å²) in [7, 11) is 0. The maximum absolute atomic E-state index is 9.88. The highest BCUT2D eigenvalue weighted by atomic mass is 16.7. The third kappa shape index (κ3) is 3.72. The molecule has 118 valence electrons. The monoisotopic (exact) mass is 298 g/mol. The number of ether oxygens (including phenoxy) is 2. The van der Waals surface area contributed by atoms with Gasteiger partial charge in [-0.3, -0.25) is 0 Å². The Bertz CT molecular complexity index is 432. The minimum absolute atomic E-state index is 0.472. The Kier molecular flexibility index (Phi) is 5.55. The fourth-order valence-electron chi connectivity index (χ4n) is 2.32. The lowest BCUT2D eigenvalue weighted by Gasteiger charge is -2.39. The van der Waals surface area contributed by atoms with Crippen LogP contribution in [0.5, 0.6) is 5.75 Å². The Labute approximate surface area is 123 Å². The van der Waals surface area contributed by atoms with E-state index in [1.165, 1.54) is 5.56 Å². The molecule has 1 aliphatic rings.